The Bertz CT molecular complexity index is 932. The van der Waals surface area contributed by atoms with Gasteiger partial charge in [0.05, 0.1) is 13.3 Å². The van der Waals surface area contributed by atoms with E-state index in [0.717, 1.165) is 17.3 Å². The second-order valence-electron chi connectivity index (χ2n) is 5.24. The van der Waals surface area contributed by atoms with E-state index < -0.39 is 11.9 Å². The standard InChI is InChI=1S/C19H14ClFN2O3/c1-25-17-7-4-13(20)10-15(17)12-2-5-14(6-3-12)23-19(24)26-18-8-9-22-11-16(18)21/h2-11H,1H3,(H,23,24). The van der Waals surface area contributed by atoms with E-state index in [1.54, 1.807) is 49.6 Å². The molecule has 0 fully saturated rings. The number of rotatable bonds is 4. The third-order valence-corrected chi connectivity index (χ3v) is 3.78. The first-order valence-corrected chi connectivity index (χ1v) is 7.97. The van der Waals surface area contributed by atoms with Crippen LogP contribution in [0, 0.1) is 5.82 Å². The quantitative estimate of drug-likeness (QED) is 0.687. The Morgan fingerprint density at radius 1 is 1.12 bits per heavy atom. The highest BCUT2D eigenvalue weighted by Crippen LogP contribution is 2.33. The summed E-state index contributed by atoms with van der Waals surface area (Å²) in [4.78, 5) is 15.5. The zero-order valence-electron chi connectivity index (χ0n) is 13.7. The highest BCUT2D eigenvalue weighted by molar-refractivity contribution is 6.31. The predicted octanol–water partition coefficient (Wildman–Crippen LogP) is 5.16. The van der Waals surface area contributed by atoms with Gasteiger partial charge in [0, 0.05) is 28.5 Å². The number of amides is 1. The largest absolute Gasteiger partial charge is 0.496 e. The lowest BCUT2D eigenvalue weighted by atomic mass is 10.0. The van der Waals surface area contributed by atoms with Gasteiger partial charge in [-0.15, -0.1) is 0 Å². The maximum absolute atomic E-state index is 13.4. The van der Waals surface area contributed by atoms with E-state index in [2.05, 4.69) is 10.3 Å². The van der Waals surface area contributed by atoms with Gasteiger partial charge in [-0.2, -0.15) is 0 Å². The Balaban J connectivity index is 1.73. The molecule has 0 saturated carbocycles. The summed E-state index contributed by atoms with van der Waals surface area (Å²) in [5.41, 5.74) is 2.19. The van der Waals surface area contributed by atoms with E-state index in [-0.39, 0.29) is 5.75 Å². The fourth-order valence-corrected chi connectivity index (χ4v) is 2.50. The molecule has 2 aromatic carbocycles. The van der Waals surface area contributed by atoms with Crippen LogP contribution in [-0.2, 0) is 0 Å². The van der Waals surface area contributed by atoms with Crippen molar-refractivity contribution >= 4 is 23.4 Å². The summed E-state index contributed by atoms with van der Waals surface area (Å²) in [5.74, 6) is -0.230. The number of halogens is 2. The van der Waals surface area contributed by atoms with Gasteiger partial charge in [0.2, 0.25) is 0 Å². The van der Waals surface area contributed by atoms with Gasteiger partial charge in [-0.25, -0.2) is 9.18 Å². The zero-order valence-corrected chi connectivity index (χ0v) is 14.5. The Morgan fingerprint density at radius 2 is 1.88 bits per heavy atom. The van der Waals surface area contributed by atoms with Crippen molar-refractivity contribution in [2.45, 2.75) is 0 Å². The van der Waals surface area contributed by atoms with E-state index >= 15 is 0 Å². The van der Waals surface area contributed by atoms with E-state index in [4.69, 9.17) is 21.1 Å². The molecular formula is C19H14ClFN2O3. The number of hydrogen-bond acceptors (Lipinski definition) is 4. The molecule has 0 aliphatic carbocycles. The lowest BCUT2D eigenvalue weighted by molar-refractivity contribution is 0.213. The van der Waals surface area contributed by atoms with E-state index in [1.165, 1.54) is 12.3 Å². The smallest absolute Gasteiger partial charge is 0.417 e. The average Bonchev–Trinajstić information content (AvgIpc) is 2.64. The number of hydrogen-bond donors (Lipinski definition) is 1. The van der Waals surface area contributed by atoms with Crippen LogP contribution >= 0.6 is 11.6 Å². The number of benzene rings is 2. The Labute approximate surface area is 154 Å². The van der Waals surface area contributed by atoms with Crippen LogP contribution in [0.25, 0.3) is 11.1 Å². The van der Waals surface area contributed by atoms with Gasteiger partial charge in [-0.1, -0.05) is 23.7 Å². The van der Waals surface area contributed by atoms with E-state index in [9.17, 15) is 9.18 Å². The van der Waals surface area contributed by atoms with Gasteiger partial charge in [0.25, 0.3) is 0 Å². The molecule has 0 unspecified atom stereocenters. The van der Waals surface area contributed by atoms with Crippen molar-refractivity contribution in [2.24, 2.45) is 0 Å². The van der Waals surface area contributed by atoms with Gasteiger partial charge in [-0.05, 0) is 35.9 Å². The second-order valence-corrected chi connectivity index (χ2v) is 5.68. The molecule has 7 heteroatoms. The van der Waals surface area contributed by atoms with Gasteiger partial charge in [0.1, 0.15) is 5.75 Å². The van der Waals surface area contributed by atoms with Crippen molar-refractivity contribution in [3.63, 3.8) is 0 Å². The molecule has 0 aliphatic heterocycles. The maximum atomic E-state index is 13.4. The number of methoxy groups -OCH3 is 1. The summed E-state index contributed by atoms with van der Waals surface area (Å²) in [7, 11) is 1.58. The highest BCUT2D eigenvalue weighted by atomic mass is 35.5. The topological polar surface area (TPSA) is 60.5 Å². The third kappa shape index (κ3) is 4.10. The van der Waals surface area contributed by atoms with E-state index in [0.29, 0.717) is 16.5 Å². The van der Waals surface area contributed by atoms with Crippen LogP contribution in [0.15, 0.2) is 60.9 Å². The molecule has 0 spiro atoms. The number of ether oxygens (including phenoxy) is 2. The summed E-state index contributed by atoms with van der Waals surface area (Å²) >= 11 is 6.05. The number of carbonyl (C=O) groups excluding carboxylic acids is 1. The fourth-order valence-electron chi connectivity index (χ4n) is 2.33. The van der Waals surface area contributed by atoms with Crippen LogP contribution in [0.5, 0.6) is 11.5 Å². The summed E-state index contributed by atoms with van der Waals surface area (Å²) in [6.45, 7) is 0. The molecule has 3 rings (SSSR count). The average molecular weight is 373 g/mol. The summed E-state index contributed by atoms with van der Waals surface area (Å²) in [6, 6.07) is 13.6. The van der Waals surface area contributed by atoms with Gasteiger partial charge in [0.15, 0.2) is 11.6 Å². The molecule has 5 nitrogen and oxygen atoms in total. The monoisotopic (exact) mass is 372 g/mol. The first-order chi connectivity index (χ1) is 12.6. The molecule has 26 heavy (non-hydrogen) atoms. The summed E-state index contributed by atoms with van der Waals surface area (Å²) < 4.78 is 23.7. The van der Waals surface area contributed by atoms with Crippen molar-refractivity contribution in [2.75, 3.05) is 12.4 Å². The van der Waals surface area contributed by atoms with Crippen LogP contribution < -0.4 is 14.8 Å². The SMILES string of the molecule is COc1ccc(Cl)cc1-c1ccc(NC(=O)Oc2ccncc2F)cc1. The Hall–Kier alpha value is -3.12. The molecule has 3 aromatic rings. The number of aromatic nitrogens is 1. The predicted molar refractivity (Wildman–Crippen MR) is 97.3 cm³/mol. The van der Waals surface area contributed by atoms with Crippen LogP contribution in [0.3, 0.4) is 0 Å². The fraction of sp³-hybridized carbons (Fsp3) is 0.0526. The van der Waals surface area contributed by atoms with Crippen LogP contribution in [0.4, 0.5) is 14.9 Å². The first kappa shape index (κ1) is 17.7. The highest BCUT2D eigenvalue weighted by Gasteiger charge is 2.10. The van der Waals surface area contributed by atoms with Gasteiger partial charge < -0.3 is 9.47 Å². The molecule has 1 heterocycles. The van der Waals surface area contributed by atoms with Crippen LogP contribution in [0.2, 0.25) is 5.02 Å². The number of pyridine rings is 1. The number of carbonyl (C=O) groups is 1. The normalized spacial score (nSPS) is 10.3. The Morgan fingerprint density at radius 3 is 2.58 bits per heavy atom. The lowest BCUT2D eigenvalue weighted by Crippen LogP contribution is -2.17. The molecule has 0 saturated heterocycles. The molecule has 0 aliphatic rings. The van der Waals surface area contributed by atoms with Gasteiger partial charge in [-0.3, -0.25) is 10.3 Å². The Kier molecular flexibility index (Phi) is 5.34. The van der Waals surface area contributed by atoms with Crippen molar-refractivity contribution in [3.05, 3.63) is 71.8 Å². The van der Waals surface area contributed by atoms with Crippen molar-refractivity contribution < 1.29 is 18.7 Å². The van der Waals surface area contributed by atoms with Crippen molar-refractivity contribution in [1.29, 1.82) is 0 Å². The molecule has 1 amide bonds. The zero-order chi connectivity index (χ0) is 18.5. The minimum atomic E-state index is -0.803. The number of nitrogens with zero attached hydrogens (tertiary/aromatic N) is 1. The third-order valence-electron chi connectivity index (χ3n) is 3.54. The first-order valence-electron chi connectivity index (χ1n) is 7.59. The minimum absolute atomic E-state index is 0.196. The number of anilines is 1. The number of nitrogens with one attached hydrogen (secondary N) is 1. The minimum Gasteiger partial charge on any atom is -0.496 e. The van der Waals surface area contributed by atoms with Crippen molar-refractivity contribution in [3.8, 4) is 22.6 Å². The lowest BCUT2D eigenvalue weighted by Gasteiger charge is -2.11. The van der Waals surface area contributed by atoms with Crippen LogP contribution in [0.1, 0.15) is 0 Å². The maximum Gasteiger partial charge on any atom is 0.417 e. The molecule has 0 radical (unpaired) electrons. The second kappa shape index (κ2) is 7.84. The molecular weight excluding hydrogens is 359 g/mol. The van der Waals surface area contributed by atoms with E-state index in [1.807, 2.05) is 0 Å². The molecule has 0 atom stereocenters. The van der Waals surface area contributed by atoms with Crippen LogP contribution in [-0.4, -0.2) is 18.2 Å². The molecule has 1 N–H and O–H groups in total. The summed E-state index contributed by atoms with van der Waals surface area (Å²) in [6.07, 6.45) is 1.50. The summed E-state index contributed by atoms with van der Waals surface area (Å²) in [5, 5.41) is 3.12. The van der Waals surface area contributed by atoms with Gasteiger partial charge >= 0.3 is 6.09 Å². The molecule has 1 aromatic heterocycles. The van der Waals surface area contributed by atoms with Crippen molar-refractivity contribution in [1.82, 2.24) is 4.98 Å². The molecule has 132 valence electrons. The molecule has 0 bridgehead atoms.